The molecule has 5 heteroatoms. The number of alkyl halides is 3. The van der Waals surface area contributed by atoms with E-state index in [1.807, 2.05) is 26.8 Å². The van der Waals surface area contributed by atoms with Gasteiger partial charge in [-0.2, -0.15) is 13.2 Å². The molecular weight excluding hydrogens is 231 g/mol. The van der Waals surface area contributed by atoms with Gasteiger partial charge in [0.25, 0.3) is 0 Å². The first-order valence-corrected chi connectivity index (χ1v) is 5.88. The Balaban J connectivity index is 0.00000121. The van der Waals surface area contributed by atoms with Gasteiger partial charge >= 0.3 is 6.18 Å². The summed E-state index contributed by atoms with van der Waals surface area (Å²) in [5, 5.41) is 0. The number of hydrogen-bond acceptors (Lipinski definition) is 1. The predicted octanol–water partition coefficient (Wildman–Crippen LogP) is 3.53. The Morgan fingerprint density at radius 2 is 2.00 bits per heavy atom. The fourth-order valence-corrected chi connectivity index (χ4v) is 1.40. The van der Waals surface area contributed by atoms with Crippen LogP contribution in [0.15, 0.2) is 11.6 Å². The van der Waals surface area contributed by atoms with Crippen molar-refractivity contribution in [3.8, 4) is 0 Å². The van der Waals surface area contributed by atoms with Crippen LogP contribution in [0.1, 0.15) is 40.0 Å². The molecule has 0 aliphatic carbocycles. The maximum atomic E-state index is 11.9. The fraction of sp³-hybridized carbons (Fsp3) is 0.750. The van der Waals surface area contributed by atoms with Crippen LogP contribution in [0.2, 0.25) is 0 Å². The zero-order valence-electron chi connectivity index (χ0n) is 10.6. The van der Waals surface area contributed by atoms with Crippen molar-refractivity contribution in [2.24, 2.45) is 0 Å². The summed E-state index contributed by atoms with van der Waals surface area (Å²) in [6.45, 7) is 6.94. The highest BCUT2D eigenvalue weighted by molar-refractivity contribution is 5.76. The zero-order valence-corrected chi connectivity index (χ0v) is 10.6. The minimum atomic E-state index is -4.24. The minimum Gasteiger partial charge on any atom is -0.339 e. The number of amides is 1. The van der Waals surface area contributed by atoms with Crippen molar-refractivity contribution in [1.82, 2.24) is 4.90 Å². The lowest BCUT2D eigenvalue weighted by Gasteiger charge is -2.25. The van der Waals surface area contributed by atoms with Crippen molar-refractivity contribution in [3.63, 3.8) is 0 Å². The summed E-state index contributed by atoms with van der Waals surface area (Å²) in [6.07, 6.45) is -3.05. The van der Waals surface area contributed by atoms with Crippen molar-refractivity contribution in [3.05, 3.63) is 11.6 Å². The van der Waals surface area contributed by atoms with Gasteiger partial charge in [-0.15, -0.1) is 0 Å². The molecule has 1 amide bonds. The van der Waals surface area contributed by atoms with E-state index in [4.69, 9.17) is 0 Å². The maximum Gasteiger partial charge on any atom is 0.389 e. The average molecular weight is 251 g/mol. The molecule has 0 unspecified atom stereocenters. The minimum absolute atomic E-state index is 0.406. The molecule has 17 heavy (non-hydrogen) atoms. The second kappa shape index (κ2) is 7.35. The summed E-state index contributed by atoms with van der Waals surface area (Å²) in [7, 11) is 0. The molecule has 1 aliphatic rings. The summed E-state index contributed by atoms with van der Waals surface area (Å²) < 4.78 is 35.6. The van der Waals surface area contributed by atoms with Gasteiger partial charge in [0.1, 0.15) is 0 Å². The molecule has 0 saturated heterocycles. The molecule has 0 fully saturated rings. The first-order valence-electron chi connectivity index (χ1n) is 5.88. The maximum absolute atomic E-state index is 11.9. The van der Waals surface area contributed by atoms with E-state index in [1.165, 1.54) is 10.5 Å². The van der Waals surface area contributed by atoms with Crippen LogP contribution in [-0.2, 0) is 4.79 Å². The largest absolute Gasteiger partial charge is 0.389 e. The lowest BCUT2D eigenvalue weighted by atomic mass is 10.1. The number of carbonyl (C=O) groups is 1. The molecule has 0 atom stereocenters. The Morgan fingerprint density at radius 1 is 1.41 bits per heavy atom. The SMILES string of the molecule is CC.CC1=CCN(C(=O)CCC(F)(F)F)CC1. The third-order valence-corrected chi connectivity index (χ3v) is 2.41. The Hall–Kier alpha value is -1.00. The average Bonchev–Trinajstić information content (AvgIpc) is 2.29. The van der Waals surface area contributed by atoms with Crippen LogP contribution in [0.3, 0.4) is 0 Å². The number of nitrogens with zero attached hydrogens (tertiary/aromatic N) is 1. The van der Waals surface area contributed by atoms with Gasteiger partial charge in [-0.25, -0.2) is 0 Å². The standard InChI is InChI=1S/C10H14F3NO.C2H6/c1-8-3-6-14(7-4-8)9(15)2-5-10(11,12)13;1-2/h3H,2,4-7H2,1H3;1-2H3. The lowest BCUT2D eigenvalue weighted by molar-refractivity contribution is -0.148. The van der Waals surface area contributed by atoms with E-state index >= 15 is 0 Å². The molecule has 0 bridgehead atoms. The molecule has 0 saturated carbocycles. The highest BCUT2D eigenvalue weighted by atomic mass is 19.4. The van der Waals surface area contributed by atoms with Gasteiger partial charge in [-0.1, -0.05) is 25.5 Å². The van der Waals surface area contributed by atoms with Crippen molar-refractivity contribution < 1.29 is 18.0 Å². The van der Waals surface area contributed by atoms with Gasteiger partial charge in [0.05, 0.1) is 6.42 Å². The molecule has 0 N–H and O–H groups in total. The molecule has 1 rings (SSSR count). The molecule has 100 valence electrons. The second-order valence-electron chi connectivity index (χ2n) is 3.76. The van der Waals surface area contributed by atoms with E-state index in [2.05, 4.69) is 0 Å². The Kier molecular flexibility index (Phi) is 6.92. The molecule has 0 aromatic carbocycles. The van der Waals surface area contributed by atoms with Crippen LogP contribution in [0.5, 0.6) is 0 Å². The van der Waals surface area contributed by atoms with Gasteiger partial charge in [0.15, 0.2) is 0 Å². The summed E-state index contributed by atoms with van der Waals surface area (Å²) in [5.74, 6) is -0.406. The normalized spacial score (nSPS) is 15.9. The summed E-state index contributed by atoms with van der Waals surface area (Å²) in [4.78, 5) is 12.8. The van der Waals surface area contributed by atoms with E-state index in [1.54, 1.807) is 0 Å². The molecule has 0 aromatic rings. The van der Waals surface area contributed by atoms with Crippen LogP contribution >= 0.6 is 0 Å². The van der Waals surface area contributed by atoms with Crippen molar-refractivity contribution in [1.29, 1.82) is 0 Å². The van der Waals surface area contributed by atoms with Gasteiger partial charge in [0.2, 0.25) is 5.91 Å². The van der Waals surface area contributed by atoms with Crippen LogP contribution in [0.4, 0.5) is 13.2 Å². The van der Waals surface area contributed by atoms with Crippen molar-refractivity contribution in [2.45, 2.75) is 46.2 Å². The van der Waals surface area contributed by atoms with E-state index in [9.17, 15) is 18.0 Å². The van der Waals surface area contributed by atoms with Crippen molar-refractivity contribution in [2.75, 3.05) is 13.1 Å². The Labute approximate surface area is 100 Å². The molecule has 2 nitrogen and oxygen atoms in total. The molecule has 1 aliphatic heterocycles. The predicted molar refractivity (Wildman–Crippen MR) is 61.6 cm³/mol. The summed E-state index contributed by atoms with van der Waals surface area (Å²) in [5.41, 5.74) is 1.19. The highest BCUT2D eigenvalue weighted by Gasteiger charge is 2.29. The lowest BCUT2D eigenvalue weighted by Crippen LogP contribution is -2.35. The van der Waals surface area contributed by atoms with E-state index in [0.29, 0.717) is 13.1 Å². The Bertz CT molecular complexity index is 271. The third-order valence-electron chi connectivity index (χ3n) is 2.41. The molecular formula is C12H20F3NO. The van der Waals surface area contributed by atoms with E-state index in [0.717, 1.165) is 6.42 Å². The zero-order chi connectivity index (χ0) is 13.5. The summed E-state index contributed by atoms with van der Waals surface area (Å²) >= 11 is 0. The second-order valence-corrected chi connectivity index (χ2v) is 3.76. The van der Waals surface area contributed by atoms with E-state index < -0.39 is 24.9 Å². The van der Waals surface area contributed by atoms with Gasteiger partial charge in [-0.05, 0) is 13.3 Å². The van der Waals surface area contributed by atoms with E-state index in [-0.39, 0.29) is 0 Å². The fourth-order valence-electron chi connectivity index (χ4n) is 1.40. The van der Waals surface area contributed by atoms with Crippen LogP contribution in [0.25, 0.3) is 0 Å². The molecule has 1 heterocycles. The topological polar surface area (TPSA) is 20.3 Å². The smallest absolute Gasteiger partial charge is 0.339 e. The third kappa shape index (κ3) is 7.02. The molecule has 0 radical (unpaired) electrons. The van der Waals surface area contributed by atoms with Crippen LogP contribution in [-0.4, -0.2) is 30.1 Å². The van der Waals surface area contributed by atoms with Gasteiger partial charge in [-0.3, -0.25) is 4.79 Å². The first kappa shape index (κ1) is 16.0. The monoisotopic (exact) mass is 251 g/mol. The van der Waals surface area contributed by atoms with Gasteiger partial charge < -0.3 is 4.90 Å². The summed E-state index contributed by atoms with van der Waals surface area (Å²) in [6, 6.07) is 0. The molecule has 0 aromatic heterocycles. The number of rotatable bonds is 2. The number of halogens is 3. The number of carbonyl (C=O) groups excluding carboxylic acids is 1. The van der Waals surface area contributed by atoms with Crippen LogP contribution in [0, 0.1) is 0 Å². The Morgan fingerprint density at radius 3 is 2.41 bits per heavy atom. The number of hydrogen-bond donors (Lipinski definition) is 0. The van der Waals surface area contributed by atoms with Crippen LogP contribution < -0.4 is 0 Å². The quantitative estimate of drug-likeness (QED) is 0.687. The highest BCUT2D eigenvalue weighted by Crippen LogP contribution is 2.22. The van der Waals surface area contributed by atoms with Gasteiger partial charge in [0, 0.05) is 19.5 Å². The van der Waals surface area contributed by atoms with Crippen molar-refractivity contribution >= 4 is 5.91 Å². The molecule has 0 spiro atoms. The first-order chi connectivity index (χ1) is 7.88.